The first-order valence-electron chi connectivity index (χ1n) is 11.1. The van der Waals surface area contributed by atoms with E-state index in [-0.39, 0.29) is 23.4 Å². The van der Waals surface area contributed by atoms with Crippen LogP contribution in [0.25, 0.3) is 0 Å². The third-order valence-corrected chi connectivity index (χ3v) is 7.47. The minimum Gasteiger partial charge on any atom is -0.361 e. The summed E-state index contributed by atoms with van der Waals surface area (Å²) in [6.07, 6.45) is 5.94. The topological polar surface area (TPSA) is 66.7 Å². The third kappa shape index (κ3) is 2.80. The molecule has 1 aliphatic carbocycles. The molecule has 0 bridgehead atoms. The molecule has 6 heteroatoms. The van der Waals surface area contributed by atoms with E-state index in [1.54, 1.807) is 13.8 Å². The second-order valence-electron chi connectivity index (χ2n) is 9.11. The molecule has 5 rings (SSSR count). The normalized spacial score (nSPS) is 23.8. The van der Waals surface area contributed by atoms with Crippen molar-refractivity contribution < 1.29 is 14.1 Å². The van der Waals surface area contributed by atoms with Gasteiger partial charge < -0.3 is 14.3 Å². The number of likely N-dealkylation sites (tertiary alicyclic amines) is 2. The highest BCUT2D eigenvalue weighted by Gasteiger charge is 2.63. The average Bonchev–Trinajstić information content (AvgIpc) is 3.40. The minimum absolute atomic E-state index is 0.00786. The first-order valence-corrected chi connectivity index (χ1v) is 11.1. The minimum atomic E-state index is -0.189. The van der Waals surface area contributed by atoms with E-state index in [1.165, 1.54) is 5.56 Å². The van der Waals surface area contributed by atoms with Gasteiger partial charge in [0.05, 0.1) is 17.2 Å². The smallest absolute Gasteiger partial charge is 0.259 e. The summed E-state index contributed by atoms with van der Waals surface area (Å²) in [7, 11) is 0. The highest BCUT2D eigenvalue weighted by molar-refractivity contribution is 5.96. The summed E-state index contributed by atoms with van der Waals surface area (Å²) in [5.74, 6) is 0.903. The lowest BCUT2D eigenvalue weighted by molar-refractivity contribution is -0.180. The van der Waals surface area contributed by atoms with Gasteiger partial charge >= 0.3 is 0 Å². The monoisotopic (exact) mass is 407 g/mol. The van der Waals surface area contributed by atoms with E-state index in [4.69, 9.17) is 4.52 Å². The number of piperidine rings is 1. The molecule has 1 aromatic carbocycles. The molecule has 3 fully saturated rings. The van der Waals surface area contributed by atoms with Crippen molar-refractivity contribution >= 4 is 11.8 Å². The Balaban J connectivity index is 1.33. The summed E-state index contributed by atoms with van der Waals surface area (Å²) in [5.41, 5.74) is 2.30. The Bertz CT molecular complexity index is 934. The van der Waals surface area contributed by atoms with Crippen LogP contribution in [0, 0.1) is 19.3 Å². The Labute approximate surface area is 177 Å². The van der Waals surface area contributed by atoms with Gasteiger partial charge in [-0.25, -0.2) is 0 Å². The number of amides is 2. The molecule has 2 aromatic rings. The summed E-state index contributed by atoms with van der Waals surface area (Å²) in [5, 5.41) is 3.92. The predicted octanol–water partition coefficient (Wildman–Crippen LogP) is 4.04. The van der Waals surface area contributed by atoms with E-state index in [9.17, 15) is 9.59 Å². The van der Waals surface area contributed by atoms with Gasteiger partial charge in [-0.2, -0.15) is 0 Å². The molecule has 0 radical (unpaired) electrons. The Hall–Kier alpha value is -2.63. The molecule has 1 saturated carbocycles. The summed E-state index contributed by atoms with van der Waals surface area (Å²) in [6, 6.07) is 10.9. The number of hydrogen-bond acceptors (Lipinski definition) is 4. The molecule has 1 unspecified atom stereocenters. The molecule has 1 spiro atoms. The fourth-order valence-corrected chi connectivity index (χ4v) is 5.97. The Morgan fingerprint density at radius 3 is 2.37 bits per heavy atom. The van der Waals surface area contributed by atoms with Crippen LogP contribution in [0.15, 0.2) is 34.9 Å². The standard InChI is InChI=1S/C24H29N3O3/c1-16-20(17(2)30-25-16)22(28)26-14-10-19(11-15-26)27-21(18-8-4-3-5-9-18)24(23(27)29)12-6-7-13-24/h3-5,8-9,19,21H,6-7,10-15H2,1-2H3. The number of benzene rings is 1. The van der Waals surface area contributed by atoms with Gasteiger partial charge in [-0.1, -0.05) is 48.3 Å². The fraction of sp³-hybridized carbons (Fsp3) is 0.542. The largest absolute Gasteiger partial charge is 0.361 e. The summed E-state index contributed by atoms with van der Waals surface area (Å²) >= 11 is 0. The number of carbonyl (C=O) groups is 2. The van der Waals surface area contributed by atoms with Gasteiger partial charge in [-0.05, 0) is 45.1 Å². The van der Waals surface area contributed by atoms with Gasteiger partial charge in [0.15, 0.2) is 0 Å². The van der Waals surface area contributed by atoms with Gasteiger partial charge in [0.25, 0.3) is 5.91 Å². The zero-order chi connectivity index (χ0) is 20.9. The lowest BCUT2D eigenvalue weighted by Crippen LogP contribution is -2.66. The van der Waals surface area contributed by atoms with Crippen LogP contribution in [0.2, 0.25) is 0 Å². The van der Waals surface area contributed by atoms with Gasteiger partial charge in [-0.15, -0.1) is 0 Å². The Morgan fingerprint density at radius 1 is 1.10 bits per heavy atom. The zero-order valence-electron chi connectivity index (χ0n) is 17.8. The molecular formula is C24H29N3O3. The van der Waals surface area contributed by atoms with Crippen LogP contribution < -0.4 is 0 Å². The molecule has 0 N–H and O–H groups in total. The van der Waals surface area contributed by atoms with Crippen molar-refractivity contribution in [2.75, 3.05) is 13.1 Å². The average molecular weight is 408 g/mol. The Kier molecular flexibility index (Phi) is 4.68. The fourth-order valence-electron chi connectivity index (χ4n) is 5.97. The maximum Gasteiger partial charge on any atom is 0.259 e. The molecule has 30 heavy (non-hydrogen) atoms. The maximum atomic E-state index is 13.4. The lowest BCUT2D eigenvalue weighted by atomic mass is 9.65. The van der Waals surface area contributed by atoms with Crippen LogP contribution in [0.4, 0.5) is 0 Å². The molecule has 1 aromatic heterocycles. The van der Waals surface area contributed by atoms with Crippen molar-refractivity contribution in [3.05, 3.63) is 52.9 Å². The molecule has 3 aliphatic rings. The SMILES string of the molecule is Cc1noc(C)c1C(=O)N1CCC(N2C(=O)C3(CCCC3)C2c2ccccc2)CC1. The van der Waals surface area contributed by atoms with E-state index in [0.717, 1.165) is 38.5 Å². The zero-order valence-corrected chi connectivity index (χ0v) is 17.8. The van der Waals surface area contributed by atoms with E-state index in [1.807, 2.05) is 11.0 Å². The lowest BCUT2D eigenvalue weighted by Gasteiger charge is -2.59. The first-order chi connectivity index (χ1) is 14.5. The molecule has 6 nitrogen and oxygen atoms in total. The van der Waals surface area contributed by atoms with E-state index in [2.05, 4.69) is 34.3 Å². The molecule has 2 amide bonds. The van der Waals surface area contributed by atoms with Crippen LogP contribution in [0.3, 0.4) is 0 Å². The second-order valence-corrected chi connectivity index (χ2v) is 9.11. The molecule has 3 heterocycles. The molecule has 1 atom stereocenters. The number of aromatic nitrogens is 1. The summed E-state index contributed by atoms with van der Waals surface area (Å²) in [6.45, 7) is 4.91. The van der Waals surface area contributed by atoms with E-state index < -0.39 is 0 Å². The van der Waals surface area contributed by atoms with Gasteiger partial charge in [0, 0.05) is 19.1 Å². The predicted molar refractivity (Wildman–Crippen MR) is 112 cm³/mol. The number of aryl methyl sites for hydroxylation is 2. The highest BCUT2D eigenvalue weighted by Crippen LogP contribution is 2.60. The molecular weight excluding hydrogens is 378 g/mol. The molecule has 158 valence electrons. The maximum absolute atomic E-state index is 13.4. The third-order valence-electron chi connectivity index (χ3n) is 7.47. The molecule has 2 saturated heterocycles. The van der Waals surface area contributed by atoms with Crippen molar-refractivity contribution in [1.29, 1.82) is 0 Å². The van der Waals surface area contributed by atoms with E-state index >= 15 is 0 Å². The Morgan fingerprint density at radius 2 is 1.77 bits per heavy atom. The highest BCUT2D eigenvalue weighted by atomic mass is 16.5. The van der Waals surface area contributed by atoms with Crippen molar-refractivity contribution in [2.24, 2.45) is 5.41 Å². The van der Waals surface area contributed by atoms with Crippen molar-refractivity contribution in [2.45, 2.75) is 64.5 Å². The number of nitrogens with zero attached hydrogens (tertiary/aromatic N) is 3. The second kappa shape index (κ2) is 7.25. The number of β-lactam (4-membered cyclic amide) rings is 1. The number of carbonyl (C=O) groups excluding carboxylic acids is 2. The number of hydrogen-bond donors (Lipinski definition) is 0. The van der Waals surface area contributed by atoms with Gasteiger partial charge in [0.1, 0.15) is 11.3 Å². The van der Waals surface area contributed by atoms with Crippen LogP contribution >= 0.6 is 0 Å². The van der Waals surface area contributed by atoms with Crippen LogP contribution in [-0.4, -0.2) is 45.9 Å². The summed E-state index contributed by atoms with van der Waals surface area (Å²) in [4.78, 5) is 30.4. The van der Waals surface area contributed by atoms with Crippen LogP contribution in [0.1, 0.15) is 71.9 Å². The number of rotatable bonds is 3. The van der Waals surface area contributed by atoms with Crippen molar-refractivity contribution in [3.8, 4) is 0 Å². The van der Waals surface area contributed by atoms with Crippen molar-refractivity contribution in [3.63, 3.8) is 0 Å². The molecule has 2 aliphatic heterocycles. The van der Waals surface area contributed by atoms with E-state index in [0.29, 0.717) is 36.0 Å². The van der Waals surface area contributed by atoms with Crippen molar-refractivity contribution in [1.82, 2.24) is 15.0 Å². The first kappa shape index (κ1) is 19.3. The summed E-state index contributed by atoms with van der Waals surface area (Å²) < 4.78 is 5.17. The quantitative estimate of drug-likeness (QED) is 0.720. The van der Waals surface area contributed by atoms with Gasteiger partial charge in [-0.3, -0.25) is 9.59 Å². The van der Waals surface area contributed by atoms with Crippen LogP contribution in [0.5, 0.6) is 0 Å². The van der Waals surface area contributed by atoms with Crippen LogP contribution in [-0.2, 0) is 4.79 Å². The van der Waals surface area contributed by atoms with Gasteiger partial charge in [0.2, 0.25) is 5.91 Å².